The molecule has 1 aliphatic heterocycles. The highest BCUT2D eigenvalue weighted by Crippen LogP contribution is 2.49. The molecule has 5 rings (SSSR count). The third-order valence-electron chi connectivity index (χ3n) is 6.84. The van der Waals surface area contributed by atoms with Crippen molar-refractivity contribution in [3.8, 4) is 0 Å². The van der Waals surface area contributed by atoms with E-state index in [9.17, 15) is 9.59 Å². The van der Waals surface area contributed by atoms with Crippen LogP contribution in [0.3, 0.4) is 0 Å². The van der Waals surface area contributed by atoms with E-state index in [4.69, 9.17) is 4.74 Å². The minimum atomic E-state index is -0.472. The Kier molecular flexibility index (Phi) is 5.12. The molecule has 0 bridgehead atoms. The number of dihydropyridines is 1. The molecule has 4 heteroatoms. The second kappa shape index (κ2) is 7.87. The molecule has 0 fully saturated rings. The van der Waals surface area contributed by atoms with Crippen LogP contribution < -0.4 is 5.32 Å². The molecule has 3 aromatic rings. The Bertz CT molecular complexity index is 1320. The normalized spacial score (nSPS) is 20.1. The Morgan fingerprint density at radius 1 is 1.03 bits per heavy atom. The van der Waals surface area contributed by atoms with Gasteiger partial charge >= 0.3 is 5.97 Å². The number of nitrogens with one attached hydrogen (secondary N) is 1. The van der Waals surface area contributed by atoms with Crippen molar-refractivity contribution in [2.24, 2.45) is 5.41 Å². The lowest BCUT2D eigenvalue weighted by Gasteiger charge is -2.40. The number of carbonyl (C=O) groups is 2. The summed E-state index contributed by atoms with van der Waals surface area (Å²) in [5, 5.41) is 7.73. The Morgan fingerprint density at radius 2 is 1.64 bits per heavy atom. The highest BCUT2D eigenvalue weighted by Gasteiger charge is 2.44. The summed E-state index contributed by atoms with van der Waals surface area (Å²) in [6.07, 6.45) is 1.22. The molecule has 3 aromatic carbocycles. The average molecular weight is 440 g/mol. The molecule has 0 saturated heterocycles. The Hall–Kier alpha value is -3.40. The molecule has 1 aliphatic carbocycles. The number of Topliss-reactive ketones (excluding diaryl/α,β-unsaturated/α-hetero) is 1. The highest BCUT2D eigenvalue weighted by atomic mass is 16.5. The van der Waals surface area contributed by atoms with Crippen LogP contribution in [0.4, 0.5) is 0 Å². The quantitative estimate of drug-likeness (QED) is 0.392. The smallest absolute Gasteiger partial charge is 0.336 e. The lowest BCUT2D eigenvalue weighted by molar-refractivity contribution is -0.138. The summed E-state index contributed by atoms with van der Waals surface area (Å²) in [6, 6.07) is 18.6. The fourth-order valence-corrected chi connectivity index (χ4v) is 5.56. The molecule has 1 N–H and O–H groups in total. The summed E-state index contributed by atoms with van der Waals surface area (Å²) in [4.78, 5) is 27.0. The molecule has 0 spiro atoms. The number of benzene rings is 3. The van der Waals surface area contributed by atoms with Crippen molar-refractivity contribution in [2.75, 3.05) is 6.61 Å². The number of ether oxygens (including phenoxy) is 1. The predicted octanol–water partition coefficient (Wildman–Crippen LogP) is 6.16. The van der Waals surface area contributed by atoms with Crippen molar-refractivity contribution >= 4 is 33.3 Å². The van der Waals surface area contributed by atoms with Gasteiger partial charge in [-0.25, -0.2) is 4.79 Å². The van der Waals surface area contributed by atoms with Crippen LogP contribution in [-0.4, -0.2) is 18.4 Å². The fraction of sp³-hybridized carbons (Fsp3) is 0.310. The van der Waals surface area contributed by atoms with Crippen LogP contribution in [0.5, 0.6) is 0 Å². The van der Waals surface area contributed by atoms with Crippen molar-refractivity contribution in [1.29, 1.82) is 0 Å². The summed E-state index contributed by atoms with van der Waals surface area (Å²) in [7, 11) is 0. The minimum absolute atomic E-state index is 0.102. The molecular weight excluding hydrogens is 410 g/mol. The molecule has 168 valence electrons. The number of ketones is 1. The molecule has 0 unspecified atom stereocenters. The Morgan fingerprint density at radius 3 is 2.24 bits per heavy atom. The number of hydrogen-bond acceptors (Lipinski definition) is 4. The molecule has 0 saturated carbocycles. The fourth-order valence-electron chi connectivity index (χ4n) is 5.56. The van der Waals surface area contributed by atoms with Crippen LogP contribution in [0.15, 0.2) is 77.1 Å². The zero-order chi connectivity index (χ0) is 23.3. The van der Waals surface area contributed by atoms with E-state index in [0.29, 0.717) is 17.6 Å². The second-order valence-electron chi connectivity index (χ2n) is 9.88. The van der Waals surface area contributed by atoms with Crippen molar-refractivity contribution < 1.29 is 14.3 Å². The highest BCUT2D eigenvalue weighted by molar-refractivity contribution is 6.10. The van der Waals surface area contributed by atoms with Gasteiger partial charge in [0, 0.05) is 29.3 Å². The first-order chi connectivity index (χ1) is 15.8. The number of carbonyl (C=O) groups excluding carboxylic acids is 2. The first-order valence-corrected chi connectivity index (χ1v) is 11.6. The van der Waals surface area contributed by atoms with E-state index in [2.05, 4.69) is 49.5 Å². The topological polar surface area (TPSA) is 55.4 Å². The average Bonchev–Trinajstić information content (AvgIpc) is 2.75. The monoisotopic (exact) mass is 439 g/mol. The minimum Gasteiger partial charge on any atom is -0.463 e. The summed E-state index contributed by atoms with van der Waals surface area (Å²) in [6.45, 7) is 8.26. The van der Waals surface area contributed by atoms with E-state index in [1.165, 1.54) is 0 Å². The maximum Gasteiger partial charge on any atom is 0.336 e. The van der Waals surface area contributed by atoms with Gasteiger partial charge in [-0.1, -0.05) is 62.4 Å². The van der Waals surface area contributed by atoms with E-state index in [0.717, 1.165) is 44.9 Å². The third kappa shape index (κ3) is 3.54. The Labute approximate surface area is 194 Å². The standard InChI is InChI=1S/C29H29NO3/c1-5-33-28(32)24-17(2)30-22-15-29(3,4)16-23(31)26(22)27(24)25-20-12-8-6-10-18(20)14-19-11-7-9-13-21(19)25/h6-14,27,30H,5,15-16H2,1-4H3/t27-/m0/s1. The summed E-state index contributed by atoms with van der Waals surface area (Å²) < 4.78 is 5.51. The SMILES string of the molecule is CCOC(=O)C1=C(C)NC2=C(C(=O)CC(C)(C)C2)[C@@H]1c1c2ccccc2cc2ccccc12. The number of allylic oxidation sites excluding steroid dienone is 3. The first-order valence-electron chi connectivity index (χ1n) is 11.6. The van der Waals surface area contributed by atoms with E-state index in [-0.39, 0.29) is 23.8 Å². The van der Waals surface area contributed by atoms with Crippen molar-refractivity contribution in [1.82, 2.24) is 5.32 Å². The van der Waals surface area contributed by atoms with Crippen LogP contribution >= 0.6 is 0 Å². The van der Waals surface area contributed by atoms with Gasteiger partial charge in [-0.05, 0) is 58.9 Å². The maximum absolute atomic E-state index is 13.7. The number of esters is 1. The lowest BCUT2D eigenvalue weighted by Crippen LogP contribution is -2.38. The molecule has 1 atom stereocenters. The molecule has 4 nitrogen and oxygen atoms in total. The van der Waals surface area contributed by atoms with E-state index in [1.807, 2.05) is 38.1 Å². The number of hydrogen-bond donors (Lipinski definition) is 1. The molecule has 0 amide bonds. The first kappa shape index (κ1) is 21.4. The lowest BCUT2D eigenvalue weighted by atomic mass is 9.67. The van der Waals surface area contributed by atoms with Crippen LogP contribution in [0.1, 0.15) is 52.0 Å². The molecular formula is C29H29NO3. The van der Waals surface area contributed by atoms with Crippen molar-refractivity contribution in [3.63, 3.8) is 0 Å². The zero-order valence-corrected chi connectivity index (χ0v) is 19.6. The summed E-state index contributed by atoms with van der Waals surface area (Å²) >= 11 is 0. The van der Waals surface area contributed by atoms with E-state index >= 15 is 0 Å². The zero-order valence-electron chi connectivity index (χ0n) is 19.6. The van der Waals surface area contributed by atoms with Gasteiger partial charge in [0.15, 0.2) is 5.78 Å². The van der Waals surface area contributed by atoms with E-state index in [1.54, 1.807) is 0 Å². The molecule has 0 radical (unpaired) electrons. The van der Waals surface area contributed by atoms with Crippen LogP contribution in [0.25, 0.3) is 21.5 Å². The van der Waals surface area contributed by atoms with Gasteiger partial charge in [0.25, 0.3) is 0 Å². The predicted molar refractivity (Wildman–Crippen MR) is 132 cm³/mol. The molecule has 0 aromatic heterocycles. The van der Waals surface area contributed by atoms with E-state index < -0.39 is 5.92 Å². The number of fused-ring (bicyclic) bond motifs is 2. The number of rotatable bonds is 3. The third-order valence-corrected chi connectivity index (χ3v) is 6.84. The molecule has 1 heterocycles. The largest absolute Gasteiger partial charge is 0.463 e. The second-order valence-corrected chi connectivity index (χ2v) is 9.88. The van der Waals surface area contributed by atoms with Gasteiger partial charge in [-0.3, -0.25) is 4.79 Å². The van der Waals surface area contributed by atoms with Gasteiger partial charge in [0.1, 0.15) is 0 Å². The van der Waals surface area contributed by atoms with Gasteiger partial charge < -0.3 is 10.1 Å². The molecule has 33 heavy (non-hydrogen) atoms. The van der Waals surface area contributed by atoms with Crippen LogP contribution in [0, 0.1) is 5.41 Å². The van der Waals surface area contributed by atoms with Gasteiger partial charge in [-0.15, -0.1) is 0 Å². The van der Waals surface area contributed by atoms with Crippen LogP contribution in [0.2, 0.25) is 0 Å². The van der Waals surface area contributed by atoms with Crippen molar-refractivity contribution in [2.45, 2.75) is 46.5 Å². The maximum atomic E-state index is 13.7. The summed E-state index contributed by atoms with van der Waals surface area (Å²) in [5.41, 5.74) is 3.82. The van der Waals surface area contributed by atoms with Gasteiger partial charge in [0.05, 0.1) is 12.2 Å². The van der Waals surface area contributed by atoms with Crippen molar-refractivity contribution in [3.05, 3.63) is 82.7 Å². The van der Waals surface area contributed by atoms with Crippen LogP contribution in [-0.2, 0) is 14.3 Å². The van der Waals surface area contributed by atoms with Gasteiger partial charge in [0.2, 0.25) is 0 Å². The molecule has 2 aliphatic rings. The summed E-state index contributed by atoms with van der Waals surface area (Å²) in [5.74, 6) is -0.737. The van der Waals surface area contributed by atoms with Gasteiger partial charge in [-0.2, -0.15) is 0 Å². The Balaban J connectivity index is 1.88.